The second kappa shape index (κ2) is 5.30. The Kier molecular flexibility index (Phi) is 3.50. The predicted octanol–water partition coefficient (Wildman–Crippen LogP) is 2.32. The van der Waals surface area contributed by atoms with Crippen LogP contribution in [0.5, 0.6) is 0 Å². The lowest BCUT2D eigenvalue weighted by atomic mass is 10.0. The molecule has 3 heteroatoms. The number of carbonyl (C=O) groups excluding carboxylic acids is 1. The van der Waals surface area contributed by atoms with Gasteiger partial charge in [-0.3, -0.25) is 4.79 Å². The summed E-state index contributed by atoms with van der Waals surface area (Å²) in [5.74, 6) is 7.50. The summed E-state index contributed by atoms with van der Waals surface area (Å²) in [6.45, 7) is 1.83. The molecule has 2 saturated carbocycles. The van der Waals surface area contributed by atoms with Gasteiger partial charge in [0, 0.05) is 17.2 Å². The standard InChI is InChI=1S/C17H19NO2/c1-11-7-12(3-2-6-19)4-5-16(11)18-17(20)15-9-13-8-14(13)10-15/h4-5,7,13-15,19H,6,8-10H2,1H3,(H,18,20). The van der Waals surface area contributed by atoms with E-state index in [-0.39, 0.29) is 18.4 Å². The minimum atomic E-state index is -0.137. The van der Waals surface area contributed by atoms with Crippen molar-refractivity contribution in [3.63, 3.8) is 0 Å². The highest BCUT2D eigenvalue weighted by molar-refractivity contribution is 5.93. The molecule has 0 radical (unpaired) electrons. The molecule has 2 fully saturated rings. The normalized spacial score (nSPS) is 26.4. The van der Waals surface area contributed by atoms with Crippen LogP contribution >= 0.6 is 0 Å². The largest absolute Gasteiger partial charge is 0.384 e. The van der Waals surface area contributed by atoms with Crippen LogP contribution in [0.15, 0.2) is 18.2 Å². The average molecular weight is 269 g/mol. The number of benzene rings is 1. The van der Waals surface area contributed by atoms with Gasteiger partial charge in [0.15, 0.2) is 0 Å². The van der Waals surface area contributed by atoms with E-state index >= 15 is 0 Å². The minimum absolute atomic E-state index is 0.137. The molecule has 0 saturated heterocycles. The van der Waals surface area contributed by atoms with Gasteiger partial charge in [0.25, 0.3) is 0 Å². The lowest BCUT2D eigenvalue weighted by Gasteiger charge is -2.14. The third-order valence-electron chi connectivity index (χ3n) is 4.41. The minimum Gasteiger partial charge on any atom is -0.384 e. The number of hydrogen-bond acceptors (Lipinski definition) is 2. The van der Waals surface area contributed by atoms with Gasteiger partial charge in [-0.15, -0.1) is 0 Å². The highest BCUT2D eigenvalue weighted by Crippen LogP contribution is 2.54. The number of nitrogens with one attached hydrogen (secondary N) is 1. The van der Waals surface area contributed by atoms with Crippen molar-refractivity contribution in [2.45, 2.75) is 26.2 Å². The van der Waals surface area contributed by atoms with Crippen LogP contribution in [0, 0.1) is 36.5 Å². The maximum Gasteiger partial charge on any atom is 0.227 e. The first-order valence-electron chi connectivity index (χ1n) is 7.18. The zero-order valence-corrected chi connectivity index (χ0v) is 11.6. The predicted molar refractivity (Wildman–Crippen MR) is 78.1 cm³/mol. The molecule has 104 valence electrons. The molecule has 1 amide bonds. The first-order valence-corrected chi connectivity index (χ1v) is 7.18. The molecule has 2 N–H and O–H groups in total. The van der Waals surface area contributed by atoms with Crippen LogP contribution in [0.4, 0.5) is 5.69 Å². The Bertz CT molecular complexity index is 587. The Morgan fingerprint density at radius 1 is 1.35 bits per heavy atom. The van der Waals surface area contributed by atoms with Gasteiger partial charge in [0.2, 0.25) is 5.91 Å². The molecule has 3 nitrogen and oxygen atoms in total. The summed E-state index contributed by atoms with van der Waals surface area (Å²) < 4.78 is 0. The van der Waals surface area contributed by atoms with E-state index in [4.69, 9.17) is 5.11 Å². The molecule has 0 aromatic heterocycles. The maximum absolute atomic E-state index is 12.2. The SMILES string of the molecule is Cc1cc(C#CCO)ccc1NC(=O)C1CC2CC2C1. The molecule has 0 spiro atoms. The summed E-state index contributed by atoms with van der Waals surface area (Å²) in [6.07, 6.45) is 3.46. The van der Waals surface area contributed by atoms with Gasteiger partial charge in [-0.05, 0) is 61.8 Å². The summed E-state index contributed by atoms with van der Waals surface area (Å²) in [5.41, 5.74) is 2.73. The van der Waals surface area contributed by atoms with E-state index in [2.05, 4.69) is 17.2 Å². The molecule has 1 aromatic carbocycles. The first kappa shape index (κ1) is 13.2. The van der Waals surface area contributed by atoms with Crippen LogP contribution in [0.1, 0.15) is 30.4 Å². The van der Waals surface area contributed by atoms with Crippen molar-refractivity contribution in [3.8, 4) is 11.8 Å². The lowest BCUT2D eigenvalue weighted by molar-refractivity contribution is -0.120. The Morgan fingerprint density at radius 3 is 2.75 bits per heavy atom. The molecule has 2 atom stereocenters. The van der Waals surface area contributed by atoms with E-state index in [9.17, 15) is 4.79 Å². The maximum atomic E-state index is 12.2. The van der Waals surface area contributed by atoms with E-state index in [1.165, 1.54) is 6.42 Å². The second-order valence-electron chi connectivity index (χ2n) is 5.90. The van der Waals surface area contributed by atoms with Gasteiger partial charge in [-0.1, -0.05) is 11.8 Å². The van der Waals surface area contributed by atoms with Gasteiger partial charge >= 0.3 is 0 Å². The zero-order chi connectivity index (χ0) is 14.1. The highest BCUT2D eigenvalue weighted by atomic mass is 16.2. The van der Waals surface area contributed by atoms with Crippen molar-refractivity contribution in [1.29, 1.82) is 0 Å². The Hall–Kier alpha value is -1.79. The van der Waals surface area contributed by atoms with Gasteiger partial charge < -0.3 is 10.4 Å². The van der Waals surface area contributed by atoms with Gasteiger partial charge in [-0.2, -0.15) is 0 Å². The summed E-state index contributed by atoms with van der Waals surface area (Å²) in [6, 6.07) is 5.70. The summed E-state index contributed by atoms with van der Waals surface area (Å²) in [5, 5.41) is 11.7. The quantitative estimate of drug-likeness (QED) is 0.810. The van der Waals surface area contributed by atoms with Crippen LogP contribution in [0.25, 0.3) is 0 Å². The van der Waals surface area contributed by atoms with E-state index in [1.807, 2.05) is 25.1 Å². The number of amides is 1. The van der Waals surface area contributed by atoms with Crippen molar-refractivity contribution in [2.24, 2.45) is 17.8 Å². The fourth-order valence-electron chi connectivity index (χ4n) is 3.19. The van der Waals surface area contributed by atoms with E-state index < -0.39 is 0 Å². The monoisotopic (exact) mass is 269 g/mol. The van der Waals surface area contributed by atoms with Crippen molar-refractivity contribution >= 4 is 11.6 Å². The molecule has 1 aromatic rings. The fraction of sp³-hybridized carbons (Fsp3) is 0.471. The molecule has 0 heterocycles. The Balaban J connectivity index is 1.66. The fourth-order valence-corrected chi connectivity index (χ4v) is 3.19. The average Bonchev–Trinajstić information content (AvgIpc) is 3.05. The highest BCUT2D eigenvalue weighted by Gasteiger charge is 2.47. The van der Waals surface area contributed by atoms with Crippen LogP contribution in [0.2, 0.25) is 0 Å². The smallest absolute Gasteiger partial charge is 0.227 e. The second-order valence-corrected chi connectivity index (χ2v) is 5.90. The number of aryl methyl sites for hydroxylation is 1. The zero-order valence-electron chi connectivity index (χ0n) is 11.6. The van der Waals surface area contributed by atoms with Crippen LogP contribution in [-0.2, 0) is 4.79 Å². The number of aliphatic hydroxyl groups excluding tert-OH is 1. The molecular formula is C17H19NO2. The Morgan fingerprint density at radius 2 is 2.10 bits per heavy atom. The molecule has 0 aliphatic heterocycles. The third-order valence-corrected chi connectivity index (χ3v) is 4.41. The summed E-state index contributed by atoms with van der Waals surface area (Å²) in [4.78, 5) is 12.2. The summed E-state index contributed by atoms with van der Waals surface area (Å²) in [7, 11) is 0. The van der Waals surface area contributed by atoms with Crippen LogP contribution in [-0.4, -0.2) is 17.6 Å². The molecular weight excluding hydrogens is 250 g/mol. The first-order chi connectivity index (χ1) is 9.67. The lowest BCUT2D eigenvalue weighted by Crippen LogP contribution is -2.22. The molecule has 20 heavy (non-hydrogen) atoms. The van der Waals surface area contributed by atoms with Gasteiger partial charge in [0.05, 0.1) is 0 Å². The van der Waals surface area contributed by atoms with E-state index in [0.717, 1.165) is 41.5 Å². The van der Waals surface area contributed by atoms with Crippen LogP contribution in [0.3, 0.4) is 0 Å². The van der Waals surface area contributed by atoms with Crippen LogP contribution < -0.4 is 5.32 Å². The Labute approximate surface area is 119 Å². The van der Waals surface area contributed by atoms with Crippen molar-refractivity contribution < 1.29 is 9.90 Å². The number of hydrogen-bond donors (Lipinski definition) is 2. The number of rotatable bonds is 2. The number of aliphatic hydroxyl groups is 1. The third kappa shape index (κ3) is 2.71. The molecule has 2 unspecified atom stereocenters. The number of carbonyl (C=O) groups is 1. The topological polar surface area (TPSA) is 49.3 Å². The molecule has 2 aliphatic rings. The van der Waals surface area contributed by atoms with Crippen molar-refractivity contribution in [3.05, 3.63) is 29.3 Å². The number of fused-ring (bicyclic) bond motifs is 1. The van der Waals surface area contributed by atoms with Gasteiger partial charge in [-0.25, -0.2) is 0 Å². The summed E-state index contributed by atoms with van der Waals surface area (Å²) >= 11 is 0. The molecule has 2 aliphatic carbocycles. The van der Waals surface area contributed by atoms with Gasteiger partial charge in [0.1, 0.15) is 6.61 Å². The van der Waals surface area contributed by atoms with Crippen molar-refractivity contribution in [1.82, 2.24) is 0 Å². The number of anilines is 1. The molecule has 3 rings (SSSR count). The van der Waals surface area contributed by atoms with E-state index in [1.54, 1.807) is 0 Å². The van der Waals surface area contributed by atoms with Crippen molar-refractivity contribution in [2.75, 3.05) is 11.9 Å². The van der Waals surface area contributed by atoms with E-state index in [0.29, 0.717) is 0 Å². The molecule has 0 bridgehead atoms.